The van der Waals surface area contributed by atoms with Crippen molar-refractivity contribution in [2.24, 2.45) is 0 Å². The number of imidazole rings is 2. The summed E-state index contributed by atoms with van der Waals surface area (Å²) in [5.74, 6) is 1.49. The molecule has 8 aromatic rings. The molecular formula is C35H32N10. The summed E-state index contributed by atoms with van der Waals surface area (Å²) in [6, 6.07) is 27.3. The average Bonchev–Trinajstić information content (AvgIpc) is 3.82. The Morgan fingerprint density at radius 1 is 0.667 bits per heavy atom. The summed E-state index contributed by atoms with van der Waals surface area (Å²) in [6.07, 6.45) is 1.16. The molecule has 1 fully saturated rings. The van der Waals surface area contributed by atoms with Gasteiger partial charge in [0.25, 0.3) is 0 Å². The van der Waals surface area contributed by atoms with Crippen LogP contribution in [0, 0.1) is 6.92 Å². The fraction of sp³-hybridized carbons (Fsp3) is 0.200. The summed E-state index contributed by atoms with van der Waals surface area (Å²) >= 11 is 0. The number of para-hydroxylation sites is 1. The van der Waals surface area contributed by atoms with Gasteiger partial charge >= 0.3 is 0 Å². The number of likely N-dealkylation sites (N-methyl/N-ethyl adjacent to an activating group) is 1. The van der Waals surface area contributed by atoms with Crippen molar-refractivity contribution < 1.29 is 0 Å². The lowest BCUT2D eigenvalue weighted by Gasteiger charge is -2.22. The van der Waals surface area contributed by atoms with Gasteiger partial charge in [0.15, 0.2) is 11.6 Å². The lowest BCUT2D eigenvalue weighted by atomic mass is 10.1. The molecule has 0 radical (unpaired) electrons. The molecule has 0 saturated carbocycles. The highest BCUT2D eigenvalue weighted by molar-refractivity contribution is 5.97. The summed E-state index contributed by atoms with van der Waals surface area (Å²) in [4.78, 5) is 21.8. The van der Waals surface area contributed by atoms with Gasteiger partial charge in [0.2, 0.25) is 0 Å². The molecule has 1 aliphatic heterocycles. The maximum absolute atomic E-state index is 5.15. The summed E-state index contributed by atoms with van der Waals surface area (Å²) in [5.41, 5.74) is 10.7. The number of aromatic amines is 3. The minimum atomic E-state index is 0.735. The molecule has 0 bridgehead atoms. The smallest absolute Gasteiger partial charge is 0.159 e. The lowest BCUT2D eigenvalue weighted by molar-refractivity contribution is 0.360. The van der Waals surface area contributed by atoms with Crippen molar-refractivity contribution in [3.05, 3.63) is 84.4 Å². The molecule has 222 valence electrons. The van der Waals surface area contributed by atoms with Crippen LogP contribution in [0.2, 0.25) is 0 Å². The number of anilines is 1. The van der Waals surface area contributed by atoms with Gasteiger partial charge in [0, 0.05) is 36.1 Å². The summed E-state index contributed by atoms with van der Waals surface area (Å²) in [6.45, 7) is 6.36. The second-order valence-corrected chi connectivity index (χ2v) is 12.1. The molecule has 0 atom stereocenters. The number of rotatable bonds is 4. The highest BCUT2D eigenvalue weighted by atomic mass is 15.3. The van der Waals surface area contributed by atoms with E-state index < -0.39 is 0 Å². The van der Waals surface area contributed by atoms with Crippen LogP contribution in [0.25, 0.3) is 72.6 Å². The van der Waals surface area contributed by atoms with Crippen molar-refractivity contribution in [1.82, 2.24) is 44.8 Å². The Bertz CT molecular complexity index is 2370. The van der Waals surface area contributed by atoms with Gasteiger partial charge in [-0.05, 0) is 87.1 Å². The predicted molar refractivity (Wildman–Crippen MR) is 180 cm³/mol. The van der Waals surface area contributed by atoms with Gasteiger partial charge in [-0.3, -0.25) is 5.10 Å². The van der Waals surface area contributed by atoms with E-state index in [0.29, 0.717) is 0 Å². The number of hydrogen-bond donors (Lipinski definition) is 3. The maximum atomic E-state index is 5.15. The van der Waals surface area contributed by atoms with E-state index in [1.54, 1.807) is 0 Å². The minimum absolute atomic E-state index is 0.735. The van der Waals surface area contributed by atoms with E-state index in [-0.39, 0.29) is 0 Å². The van der Waals surface area contributed by atoms with Gasteiger partial charge in [0.1, 0.15) is 11.4 Å². The lowest BCUT2D eigenvalue weighted by Crippen LogP contribution is -2.28. The van der Waals surface area contributed by atoms with E-state index in [9.17, 15) is 0 Å². The van der Waals surface area contributed by atoms with Gasteiger partial charge in [-0.25, -0.2) is 14.6 Å². The molecule has 1 aliphatic rings. The predicted octanol–water partition coefficient (Wildman–Crippen LogP) is 6.44. The molecule has 0 unspecified atom stereocenters. The summed E-state index contributed by atoms with van der Waals surface area (Å²) < 4.78 is 2.00. The van der Waals surface area contributed by atoms with Gasteiger partial charge in [0.05, 0.1) is 38.8 Å². The number of aryl methyl sites for hydroxylation is 1. The van der Waals surface area contributed by atoms with Gasteiger partial charge in [-0.15, -0.1) is 0 Å². The molecule has 5 heterocycles. The van der Waals surface area contributed by atoms with E-state index in [1.807, 2.05) is 16.8 Å². The Hall–Kier alpha value is -5.48. The number of nitrogens with one attached hydrogen (secondary N) is 3. The molecule has 4 aromatic carbocycles. The second kappa shape index (κ2) is 10.0. The topological polar surface area (TPSA) is 110 Å². The van der Waals surface area contributed by atoms with Crippen LogP contribution in [0.5, 0.6) is 0 Å². The second-order valence-electron chi connectivity index (χ2n) is 12.1. The summed E-state index contributed by atoms with van der Waals surface area (Å²) in [5, 5.41) is 15.0. The average molecular weight is 593 g/mol. The Balaban J connectivity index is 1.12. The first-order chi connectivity index (χ1) is 22.1. The van der Waals surface area contributed by atoms with Crippen LogP contribution in [0.4, 0.5) is 5.69 Å². The molecule has 3 N–H and O–H groups in total. The normalized spacial score (nSPS) is 14.8. The molecule has 0 aliphatic carbocycles. The third-order valence-corrected chi connectivity index (χ3v) is 9.02. The Morgan fingerprint density at radius 3 is 2.44 bits per heavy atom. The van der Waals surface area contributed by atoms with E-state index in [2.05, 4.69) is 111 Å². The number of fused-ring (bicyclic) bond motifs is 4. The number of aromatic nitrogens is 8. The van der Waals surface area contributed by atoms with Crippen molar-refractivity contribution in [1.29, 1.82) is 0 Å². The van der Waals surface area contributed by atoms with Crippen LogP contribution in [0.1, 0.15) is 12.0 Å². The molecule has 4 aromatic heterocycles. The third kappa shape index (κ3) is 4.36. The van der Waals surface area contributed by atoms with Crippen LogP contribution in [-0.4, -0.2) is 78.0 Å². The fourth-order valence-corrected chi connectivity index (χ4v) is 6.59. The molecule has 0 spiro atoms. The first kappa shape index (κ1) is 26.0. The van der Waals surface area contributed by atoms with Crippen LogP contribution >= 0.6 is 0 Å². The SMILES string of the molecule is Cc1ccc2[nH]c(-c3n[nH]c4ccc(-n5nc(-c6nc7ccc(N8CCCN(C)CC8)cc7[nH]6)c6ccccc65)cc34)nc2c1. The molecule has 1 saturated heterocycles. The number of nitrogens with zero attached hydrogens (tertiary/aromatic N) is 7. The van der Waals surface area contributed by atoms with E-state index >= 15 is 0 Å². The summed E-state index contributed by atoms with van der Waals surface area (Å²) in [7, 11) is 2.20. The number of H-pyrrole nitrogens is 3. The zero-order chi connectivity index (χ0) is 30.1. The fourth-order valence-electron chi connectivity index (χ4n) is 6.59. The van der Waals surface area contributed by atoms with Gasteiger partial charge in [-0.2, -0.15) is 10.2 Å². The molecule has 10 heteroatoms. The third-order valence-electron chi connectivity index (χ3n) is 9.02. The van der Waals surface area contributed by atoms with Crippen molar-refractivity contribution in [2.45, 2.75) is 13.3 Å². The van der Waals surface area contributed by atoms with Gasteiger partial charge < -0.3 is 19.8 Å². The standard InChI is InChI=1S/C35H32N10/c1-21-8-11-27-29(18-21)38-34(36-27)32-25-19-23(10-12-26(25)40-41-32)45-31-7-4-3-6-24(31)33(42-45)35-37-28-13-9-22(20-30(28)39-35)44-15-5-14-43(2)16-17-44/h3-4,6-13,18-20H,5,14-17H2,1-2H3,(H,36,38)(H,37,39)(H,40,41). The zero-order valence-electron chi connectivity index (χ0n) is 25.2. The van der Waals surface area contributed by atoms with Gasteiger partial charge in [-0.1, -0.05) is 24.3 Å². The molecule has 0 amide bonds. The quantitative estimate of drug-likeness (QED) is 0.217. The Kier molecular flexibility index (Phi) is 5.79. The van der Waals surface area contributed by atoms with Crippen molar-refractivity contribution in [3.8, 4) is 28.7 Å². The largest absolute Gasteiger partial charge is 0.370 e. The highest BCUT2D eigenvalue weighted by Crippen LogP contribution is 2.33. The van der Waals surface area contributed by atoms with E-state index in [0.717, 1.165) is 105 Å². The molecule has 45 heavy (non-hydrogen) atoms. The number of benzene rings is 4. The van der Waals surface area contributed by atoms with Crippen LogP contribution in [-0.2, 0) is 0 Å². The van der Waals surface area contributed by atoms with Crippen molar-refractivity contribution >= 4 is 49.6 Å². The minimum Gasteiger partial charge on any atom is -0.370 e. The zero-order valence-corrected chi connectivity index (χ0v) is 25.2. The van der Waals surface area contributed by atoms with Crippen molar-refractivity contribution in [2.75, 3.05) is 38.1 Å². The van der Waals surface area contributed by atoms with E-state index in [4.69, 9.17) is 15.1 Å². The van der Waals surface area contributed by atoms with Crippen molar-refractivity contribution in [3.63, 3.8) is 0 Å². The van der Waals surface area contributed by atoms with Crippen LogP contribution < -0.4 is 4.90 Å². The molecule has 9 rings (SSSR count). The highest BCUT2D eigenvalue weighted by Gasteiger charge is 2.20. The van der Waals surface area contributed by atoms with Crippen LogP contribution in [0.15, 0.2) is 78.9 Å². The maximum Gasteiger partial charge on any atom is 0.159 e. The van der Waals surface area contributed by atoms with E-state index in [1.165, 1.54) is 11.3 Å². The first-order valence-electron chi connectivity index (χ1n) is 15.4. The Morgan fingerprint density at radius 2 is 1.49 bits per heavy atom. The Labute approximate surface area is 258 Å². The molecule has 10 nitrogen and oxygen atoms in total. The molecular weight excluding hydrogens is 560 g/mol. The number of hydrogen-bond acceptors (Lipinski definition) is 6. The first-order valence-corrected chi connectivity index (χ1v) is 15.4. The van der Waals surface area contributed by atoms with Crippen LogP contribution in [0.3, 0.4) is 0 Å². The monoisotopic (exact) mass is 592 g/mol.